The summed E-state index contributed by atoms with van der Waals surface area (Å²) in [6.45, 7) is 3.67. The number of sulfonamides is 1. The van der Waals surface area contributed by atoms with Crippen LogP contribution in [0.3, 0.4) is 0 Å². The van der Waals surface area contributed by atoms with Crippen molar-refractivity contribution >= 4 is 15.7 Å². The van der Waals surface area contributed by atoms with Crippen LogP contribution < -0.4 is 10.5 Å². The lowest BCUT2D eigenvalue weighted by molar-refractivity contribution is 0.580. The molecule has 0 fully saturated rings. The first-order valence-electron chi connectivity index (χ1n) is 5.74. The van der Waals surface area contributed by atoms with Gasteiger partial charge in [-0.25, -0.2) is 18.1 Å². The van der Waals surface area contributed by atoms with Gasteiger partial charge in [0.15, 0.2) is 0 Å². The molecule has 0 aliphatic heterocycles. The quantitative estimate of drug-likeness (QED) is 0.730. The normalized spacial score (nSPS) is 11.7. The summed E-state index contributed by atoms with van der Waals surface area (Å²) < 4.78 is 27.0. The van der Waals surface area contributed by atoms with Gasteiger partial charge in [0, 0.05) is 17.6 Å². The molecule has 19 heavy (non-hydrogen) atoms. The van der Waals surface area contributed by atoms with Gasteiger partial charge in [0.25, 0.3) is 0 Å². The van der Waals surface area contributed by atoms with Gasteiger partial charge in [-0.1, -0.05) is 0 Å². The average Bonchev–Trinajstić information content (AvgIpc) is 2.84. The number of nitrogens with two attached hydrogens (primary N) is 1. The maximum Gasteiger partial charge on any atom is 0.241 e. The molecular formula is C12H16N4O2S. The van der Waals surface area contributed by atoms with Crippen LogP contribution in [0.1, 0.15) is 16.8 Å². The van der Waals surface area contributed by atoms with Gasteiger partial charge >= 0.3 is 0 Å². The molecule has 0 atom stereocenters. The number of benzene rings is 1. The fourth-order valence-electron chi connectivity index (χ4n) is 1.76. The number of anilines is 1. The van der Waals surface area contributed by atoms with Gasteiger partial charge < -0.3 is 10.7 Å². The number of rotatable bonds is 4. The van der Waals surface area contributed by atoms with Crippen LogP contribution in [-0.2, 0) is 16.6 Å². The lowest BCUT2D eigenvalue weighted by atomic mass is 10.1. The van der Waals surface area contributed by atoms with Crippen LogP contribution in [0.25, 0.3) is 0 Å². The first kappa shape index (κ1) is 13.6. The van der Waals surface area contributed by atoms with E-state index in [1.54, 1.807) is 25.3 Å². The van der Waals surface area contributed by atoms with E-state index >= 15 is 0 Å². The van der Waals surface area contributed by atoms with E-state index in [0.29, 0.717) is 16.9 Å². The van der Waals surface area contributed by atoms with E-state index in [-0.39, 0.29) is 11.4 Å². The molecule has 0 saturated carbocycles. The van der Waals surface area contributed by atoms with Crippen LogP contribution in [0.5, 0.6) is 0 Å². The molecule has 4 N–H and O–H groups in total. The smallest absolute Gasteiger partial charge is 0.241 e. The zero-order chi connectivity index (χ0) is 14.0. The van der Waals surface area contributed by atoms with E-state index in [4.69, 9.17) is 5.73 Å². The molecule has 0 aliphatic carbocycles. The molecule has 0 saturated heterocycles. The topological polar surface area (TPSA) is 101 Å². The van der Waals surface area contributed by atoms with Crippen LogP contribution >= 0.6 is 0 Å². The predicted octanol–water partition coefficient (Wildman–Crippen LogP) is 1.09. The number of hydrogen-bond acceptors (Lipinski definition) is 4. The maximum atomic E-state index is 12.3. The molecule has 0 radical (unpaired) electrons. The highest BCUT2D eigenvalue weighted by Crippen LogP contribution is 2.22. The standard InChI is InChI=1S/C12H16N4O2S/c1-8-3-11(13)9(2)12(4-8)19(17,18)16-6-10-5-14-7-15-10/h3-5,7,16H,6,13H2,1-2H3,(H,14,15). The molecule has 6 nitrogen and oxygen atoms in total. The Balaban J connectivity index is 2.29. The molecule has 0 bridgehead atoms. The van der Waals surface area contributed by atoms with Crippen LogP contribution in [0, 0.1) is 13.8 Å². The monoisotopic (exact) mass is 280 g/mol. The first-order chi connectivity index (χ1) is 8.90. The van der Waals surface area contributed by atoms with Crippen molar-refractivity contribution < 1.29 is 8.42 Å². The predicted molar refractivity (Wildman–Crippen MR) is 72.9 cm³/mol. The summed E-state index contributed by atoms with van der Waals surface area (Å²) in [5.74, 6) is 0. The third kappa shape index (κ3) is 2.94. The van der Waals surface area contributed by atoms with E-state index < -0.39 is 10.0 Å². The summed E-state index contributed by atoms with van der Waals surface area (Å²) in [6.07, 6.45) is 3.07. The fourth-order valence-corrected chi connectivity index (χ4v) is 3.13. The molecule has 0 spiro atoms. The minimum absolute atomic E-state index is 0.162. The molecule has 2 aromatic rings. The number of hydrogen-bond donors (Lipinski definition) is 3. The summed E-state index contributed by atoms with van der Waals surface area (Å²) >= 11 is 0. The van der Waals surface area contributed by atoms with Crippen molar-refractivity contribution in [3.63, 3.8) is 0 Å². The van der Waals surface area contributed by atoms with Crippen molar-refractivity contribution in [1.29, 1.82) is 0 Å². The molecule has 0 amide bonds. The lowest BCUT2D eigenvalue weighted by Gasteiger charge is -2.11. The Morgan fingerprint density at radius 2 is 2.11 bits per heavy atom. The molecule has 1 heterocycles. The number of imidazole rings is 1. The zero-order valence-electron chi connectivity index (χ0n) is 10.8. The van der Waals surface area contributed by atoms with Crippen molar-refractivity contribution in [2.75, 3.05) is 5.73 Å². The van der Waals surface area contributed by atoms with Gasteiger partial charge in [-0.2, -0.15) is 0 Å². The van der Waals surface area contributed by atoms with E-state index in [9.17, 15) is 8.42 Å². The lowest BCUT2D eigenvalue weighted by Crippen LogP contribution is -2.24. The maximum absolute atomic E-state index is 12.3. The Morgan fingerprint density at radius 3 is 2.74 bits per heavy atom. The Hall–Kier alpha value is -1.86. The molecule has 7 heteroatoms. The zero-order valence-corrected chi connectivity index (χ0v) is 11.6. The molecule has 2 rings (SSSR count). The summed E-state index contributed by atoms with van der Waals surface area (Å²) in [5.41, 5.74) is 8.34. The van der Waals surface area contributed by atoms with Crippen molar-refractivity contribution in [1.82, 2.24) is 14.7 Å². The van der Waals surface area contributed by atoms with Gasteiger partial charge in [0.2, 0.25) is 10.0 Å². The number of nitrogens with one attached hydrogen (secondary N) is 2. The molecule has 1 aromatic carbocycles. The SMILES string of the molecule is Cc1cc(N)c(C)c(S(=O)(=O)NCc2cnc[nH]2)c1. The Labute approximate surface area is 112 Å². The van der Waals surface area contributed by atoms with E-state index in [2.05, 4.69) is 14.7 Å². The van der Waals surface area contributed by atoms with E-state index in [0.717, 1.165) is 5.56 Å². The number of H-pyrrole nitrogens is 1. The second-order valence-corrected chi connectivity index (χ2v) is 6.11. The van der Waals surface area contributed by atoms with Gasteiger partial charge in [-0.3, -0.25) is 0 Å². The van der Waals surface area contributed by atoms with Crippen molar-refractivity contribution in [3.05, 3.63) is 41.5 Å². The second-order valence-electron chi connectivity index (χ2n) is 4.38. The number of aromatic amines is 1. The van der Waals surface area contributed by atoms with Gasteiger partial charge in [0.1, 0.15) is 0 Å². The first-order valence-corrected chi connectivity index (χ1v) is 7.22. The number of nitrogens with zero attached hydrogens (tertiary/aromatic N) is 1. The number of aromatic nitrogens is 2. The average molecular weight is 280 g/mol. The number of aryl methyl sites for hydroxylation is 1. The van der Waals surface area contributed by atoms with Crippen LogP contribution in [0.15, 0.2) is 29.6 Å². The number of nitrogen functional groups attached to an aromatic ring is 1. The molecule has 102 valence electrons. The summed E-state index contributed by atoms with van der Waals surface area (Å²) in [5, 5.41) is 0. The highest BCUT2D eigenvalue weighted by molar-refractivity contribution is 7.89. The minimum atomic E-state index is -3.59. The Morgan fingerprint density at radius 1 is 1.37 bits per heavy atom. The van der Waals surface area contributed by atoms with Crippen LogP contribution in [-0.4, -0.2) is 18.4 Å². The van der Waals surface area contributed by atoms with Gasteiger partial charge in [-0.05, 0) is 37.1 Å². The van der Waals surface area contributed by atoms with Gasteiger partial charge in [-0.15, -0.1) is 0 Å². The summed E-state index contributed by atoms with van der Waals surface area (Å²) in [4.78, 5) is 6.88. The van der Waals surface area contributed by atoms with Crippen molar-refractivity contribution in [2.24, 2.45) is 0 Å². The molecular weight excluding hydrogens is 264 g/mol. The second kappa shape index (κ2) is 5.02. The highest BCUT2D eigenvalue weighted by Gasteiger charge is 2.18. The molecule has 0 unspecified atom stereocenters. The van der Waals surface area contributed by atoms with E-state index in [1.807, 2.05) is 6.92 Å². The van der Waals surface area contributed by atoms with Crippen LogP contribution in [0.4, 0.5) is 5.69 Å². The van der Waals surface area contributed by atoms with Crippen LogP contribution in [0.2, 0.25) is 0 Å². The minimum Gasteiger partial charge on any atom is -0.398 e. The Kier molecular flexibility index (Phi) is 3.59. The van der Waals surface area contributed by atoms with Gasteiger partial charge in [0.05, 0.1) is 17.8 Å². The summed E-state index contributed by atoms with van der Waals surface area (Å²) in [6, 6.07) is 3.37. The fraction of sp³-hybridized carbons (Fsp3) is 0.250. The third-order valence-electron chi connectivity index (χ3n) is 2.84. The summed E-state index contributed by atoms with van der Waals surface area (Å²) in [7, 11) is -3.59. The molecule has 0 aliphatic rings. The third-order valence-corrected chi connectivity index (χ3v) is 4.37. The van der Waals surface area contributed by atoms with Crippen molar-refractivity contribution in [2.45, 2.75) is 25.3 Å². The highest BCUT2D eigenvalue weighted by atomic mass is 32.2. The largest absolute Gasteiger partial charge is 0.398 e. The van der Waals surface area contributed by atoms with E-state index in [1.165, 1.54) is 6.33 Å². The Bertz CT molecular complexity index is 678. The van der Waals surface area contributed by atoms with Crippen molar-refractivity contribution in [3.8, 4) is 0 Å². The molecule has 1 aromatic heterocycles.